The van der Waals surface area contributed by atoms with Gasteiger partial charge in [0.25, 0.3) is 0 Å². The van der Waals surface area contributed by atoms with Gasteiger partial charge in [-0.05, 0) is 44.9 Å². The Balaban J connectivity index is 2.89. The number of hydrogen-bond acceptors (Lipinski definition) is 3. The highest BCUT2D eigenvalue weighted by Crippen LogP contribution is 2.26. The Morgan fingerprint density at radius 2 is 2.11 bits per heavy atom. The summed E-state index contributed by atoms with van der Waals surface area (Å²) in [7, 11) is 0. The SMILES string of the molecule is CCOCCN(CC)c1cc(Br)ccc1CC(C)N. The van der Waals surface area contributed by atoms with Gasteiger partial charge in [0.05, 0.1) is 6.61 Å². The number of rotatable bonds is 8. The van der Waals surface area contributed by atoms with Crippen LogP contribution in [0.3, 0.4) is 0 Å². The molecule has 108 valence electrons. The van der Waals surface area contributed by atoms with Gasteiger partial charge >= 0.3 is 0 Å². The van der Waals surface area contributed by atoms with Crippen molar-refractivity contribution in [3.63, 3.8) is 0 Å². The zero-order chi connectivity index (χ0) is 14.3. The van der Waals surface area contributed by atoms with Crippen molar-refractivity contribution in [3.05, 3.63) is 28.2 Å². The number of nitrogens with zero attached hydrogens (tertiary/aromatic N) is 1. The van der Waals surface area contributed by atoms with Gasteiger partial charge in [0, 0.05) is 35.9 Å². The normalized spacial score (nSPS) is 12.5. The second-order valence-corrected chi connectivity index (χ2v) is 5.65. The van der Waals surface area contributed by atoms with E-state index in [0.29, 0.717) is 0 Å². The standard InChI is InChI=1S/C15H25BrN2O/c1-4-18(8-9-19-5-2)15-11-14(16)7-6-13(15)10-12(3)17/h6-7,11-12H,4-5,8-10,17H2,1-3H3. The van der Waals surface area contributed by atoms with E-state index in [1.807, 2.05) is 13.8 Å². The Kier molecular flexibility index (Phi) is 7.42. The van der Waals surface area contributed by atoms with Gasteiger partial charge in [0.2, 0.25) is 0 Å². The molecule has 3 nitrogen and oxygen atoms in total. The van der Waals surface area contributed by atoms with Crippen LogP contribution in [0.4, 0.5) is 5.69 Å². The first-order valence-electron chi connectivity index (χ1n) is 6.95. The first-order chi connectivity index (χ1) is 9.08. The Morgan fingerprint density at radius 1 is 1.37 bits per heavy atom. The van der Waals surface area contributed by atoms with Crippen molar-refractivity contribution < 1.29 is 4.74 Å². The maximum atomic E-state index is 5.94. The number of likely N-dealkylation sites (N-methyl/N-ethyl adjacent to an activating group) is 1. The van der Waals surface area contributed by atoms with Gasteiger partial charge in [0.15, 0.2) is 0 Å². The smallest absolute Gasteiger partial charge is 0.0641 e. The van der Waals surface area contributed by atoms with Crippen LogP contribution in [-0.2, 0) is 11.2 Å². The highest BCUT2D eigenvalue weighted by atomic mass is 79.9. The Labute approximate surface area is 125 Å². The van der Waals surface area contributed by atoms with E-state index in [-0.39, 0.29) is 6.04 Å². The van der Waals surface area contributed by atoms with Crippen molar-refractivity contribution in [2.75, 3.05) is 31.2 Å². The first-order valence-corrected chi connectivity index (χ1v) is 7.74. The monoisotopic (exact) mass is 328 g/mol. The Hall–Kier alpha value is -0.580. The summed E-state index contributed by atoms with van der Waals surface area (Å²) >= 11 is 3.55. The van der Waals surface area contributed by atoms with Crippen molar-refractivity contribution in [2.24, 2.45) is 5.73 Å². The van der Waals surface area contributed by atoms with Crippen LogP contribution < -0.4 is 10.6 Å². The largest absolute Gasteiger partial charge is 0.380 e. The quantitative estimate of drug-likeness (QED) is 0.745. The first kappa shape index (κ1) is 16.5. The van der Waals surface area contributed by atoms with E-state index in [9.17, 15) is 0 Å². The van der Waals surface area contributed by atoms with E-state index in [0.717, 1.165) is 37.2 Å². The van der Waals surface area contributed by atoms with Crippen molar-refractivity contribution in [3.8, 4) is 0 Å². The van der Waals surface area contributed by atoms with E-state index in [2.05, 4.69) is 46.0 Å². The molecule has 1 aromatic carbocycles. The predicted octanol–water partition coefficient (Wildman–Crippen LogP) is 3.20. The van der Waals surface area contributed by atoms with E-state index < -0.39 is 0 Å². The molecule has 0 aliphatic heterocycles. The molecule has 1 atom stereocenters. The molecule has 0 saturated carbocycles. The Bertz CT molecular complexity index is 382. The van der Waals surface area contributed by atoms with Gasteiger partial charge in [-0.3, -0.25) is 0 Å². The maximum Gasteiger partial charge on any atom is 0.0641 e. The minimum Gasteiger partial charge on any atom is -0.380 e. The molecular weight excluding hydrogens is 304 g/mol. The van der Waals surface area contributed by atoms with Gasteiger partial charge in [-0.25, -0.2) is 0 Å². The fourth-order valence-corrected chi connectivity index (χ4v) is 2.47. The predicted molar refractivity (Wildman–Crippen MR) is 85.9 cm³/mol. The molecule has 1 aromatic rings. The average molecular weight is 329 g/mol. The molecular formula is C15H25BrN2O. The molecule has 4 heteroatoms. The molecule has 1 unspecified atom stereocenters. The summed E-state index contributed by atoms with van der Waals surface area (Å²) in [6, 6.07) is 6.59. The summed E-state index contributed by atoms with van der Waals surface area (Å²) in [5, 5.41) is 0. The molecule has 0 amide bonds. The van der Waals surface area contributed by atoms with Crippen LogP contribution in [0.2, 0.25) is 0 Å². The van der Waals surface area contributed by atoms with Crippen LogP contribution in [0.25, 0.3) is 0 Å². The zero-order valence-corrected chi connectivity index (χ0v) is 13.7. The van der Waals surface area contributed by atoms with Crippen LogP contribution >= 0.6 is 15.9 Å². The second-order valence-electron chi connectivity index (χ2n) is 4.73. The van der Waals surface area contributed by atoms with E-state index >= 15 is 0 Å². The minimum absolute atomic E-state index is 0.172. The highest BCUT2D eigenvalue weighted by molar-refractivity contribution is 9.10. The molecule has 0 aliphatic carbocycles. The zero-order valence-electron chi connectivity index (χ0n) is 12.2. The van der Waals surface area contributed by atoms with Crippen LogP contribution in [0.15, 0.2) is 22.7 Å². The summed E-state index contributed by atoms with van der Waals surface area (Å²) in [6.45, 7) is 9.64. The lowest BCUT2D eigenvalue weighted by Gasteiger charge is -2.26. The fraction of sp³-hybridized carbons (Fsp3) is 0.600. The third kappa shape index (κ3) is 5.51. The van der Waals surface area contributed by atoms with Crippen LogP contribution in [0.5, 0.6) is 0 Å². The molecule has 0 heterocycles. The number of benzene rings is 1. The lowest BCUT2D eigenvalue weighted by atomic mass is 10.0. The van der Waals surface area contributed by atoms with Crippen molar-refractivity contribution in [1.82, 2.24) is 0 Å². The molecule has 0 fully saturated rings. The second kappa shape index (κ2) is 8.56. The van der Waals surface area contributed by atoms with Gasteiger partial charge in [0.1, 0.15) is 0 Å². The average Bonchev–Trinajstić information content (AvgIpc) is 2.37. The van der Waals surface area contributed by atoms with Gasteiger partial charge < -0.3 is 15.4 Å². The highest BCUT2D eigenvalue weighted by Gasteiger charge is 2.11. The maximum absolute atomic E-state index is 5.94. The fourth-order valence-electron chi connectivity index (χ4n) is 2.12. The number of ether oxygens (including phenoxy) is 1. The molecule has 0 aliphatic rings. The lowest BCUT2D eigenvalue weighted by Crippen LogP contribution is -2.29. The molecule has 19 heavy (non-hydrogen) atoms. The van der Waals surface area contributed by atoms with Gasteiger partial charge in [-0.1, -0.05) is 22.0 Å². The molecule has 0 spiro atoms. The molecule has 1 rings (SSSR count). The summed E-state index contributed by atoms with van der Waals surface area (Å²) < 4.78 is 6.56. The number of nitrogens with two attached hydrogens (primary N) is 1. The van der Waals surface area contributed by atoms with Crippen molar-refractivity contribution >= 4 is 21.6 Å². The van der Waals surface area contributed by atoms with E-state index in [4.69, 9.17) is 10.5 Å². The molecule has 2 N–H and O–H groups in total. The Morgan fingerprint density at radius 3 is 2.68 bits per heavy atom. The number of hydrogen-bond donors (Lipinski definition) is 1. The number of halogens is 1. The lowest BCUT2D eigenvalue weighted by molar-refractivity contribution is 0.154. The van der Waals surface area contributed by atoms with Crippen LogP contribution in [-0.4, -0.2) is 32.3 Å². The van der Waals surface area contributed by atoms with Crippen molar-refractivity contribution in [1.29, 1.82) is 0 Å². The minimum atomic E-state index is 0.172. The topological polar surface area (TPSA) is 38.5 Å². The van der Waals surface area contributed by atoms with Crippen LogP contribution in [0.1, 0.15) is 26.3 Å². The molecule has 0 radical (unpaired) electrons. The van der Waals surface area contributed by atoms with Crippen LogP contribution in [0, 0.1) is 0 Å². The van der Waals surface area contributed by atoms with Gasteiger partial charge in [-0.15, -0.1) is 0 Å². The summed E-state index contributed by atoms with van der Waals surface area (Å²) in [4.78, 5) is 2.35. The summed E-state index contributed by atoms with van der Waals surface area (Å²) in [5.74, 6) is 0. The molecule has 0 saturated heterocycles. The van der Waals surface area contributed by atoms with Gasteiger partial charge in [-0.2, -0.15) is 0 Å². The third-order valence-corrected chi connectivity index (χ3v) is 3.51. The van der Waals surface area contributed by atoms with E-state index in [1.165, 1.54) is 11.3 Å². The van der Waals surface area contributed by atoms with Crippen molar-refractivity contribution in [2.45, 2.75) is 33.2 Å². The summed E-state index contributed by atoms with van der Waals surface area (Å²) in [6.07, 6.45) is 0.897. The number of anilines is 1. The third-order valence-electron chi connectivity index (χ3n) is 3.02. The summed E-state index contributed by atoms with van der Waals surface area (Å²) in [5.41, 5.74) is 8.50. The van der Waals surface area contributed by atoms with E-state index in [1.54, 1.807) is 0 Å². The molecule has 0 aromatic heterocycles. The molecule has 0 bridgehead atoms.